The van der Waals surface area contributed by atoms with Crippen molar-refractivity contribution in [3.8, 4) is 0 Å². The highest BCUT2D eigenvalue weighted by molar-refractivity contribution is 6.38. The number of urea groups is 1. The fourth-order valence-electron chi connectivity index (χ4n) is 2.77. The molecule has 1 saturated heterocycles. The van der Waals surface area contributed by atoms with E-state index in [1.54, 1.807) is 30.3 Å². The molecule has 0 bridgehead atoms. The molecule has 1 aromatic rings. The average Bonchev–Trinajstić information content (AvgIpc) is 2.63. The highest BCUT2D eigenvalue weighted by Crippen LogP contribution is 2.14. The number of carbonyl (C=O) groups excluding carboxylic acids is 3. The van der Waals surface area contributed by atoms with Crippen molar-refractivity contribution in [2.75, 3.05) is 19.6 Å². The first kappa shape index (κ1) is 19.4. The molecule has 1 aliphatic rings. The zero-order valence-corrected chi connectivity index (χ0v) is 14.7. The van der Waals surface area contributed by atoms with E-state index < -0.39 is 29.9 Å². The third kappa shape index (κ3) is 4.59. The molecule has 1 unspecified atom stereocenters. The summed E-state index contributed by atoms with van der Waals surface area (Å²) < 4.78 is 0. The van der Waals surface area contributed by atoms with Crippen molar-refractivity contribution < 1.29 is 24.3 Å². The van der Waals surface area contributed by atoms with E-state index in [9.17, 15) is 24.3 Å². The molecule has 0 spiro atoms. The van der Waals surface area contributed by atoms with Gasteiger partial charge in [-0.05, 0) is 12.0 Å². The van der Waals surface area contributed by atoms with E-state index in [1.165, 1.54) is 4.90 Å². The van der Waals surface area contributed by atoms with E-state index in [1.807, 2.05) is 6.92 Å². The van der Waals surface area contributed by atoms with Crippen LogP contribution >= 0.6 is 0 Å². The van der Waals surface area contributed by atoms with Gasteiger partial charge in [-0.1, -0.05) is 50.1 Å². The number of hydrogen-bond acceptors (Lipinski definition) is 4. The maximum absolute atomic E-state index is 12.4. The first-order valence-electron chi connectivity index (χ1n) is 8.64. The zero-order valence-electron chi connectivity index (χ0n) is 14.7. The summed E-state index contributed by atoms with van der Waals surface area (Å²) in [7, 11) is 0. The first-order chi connectivity index (χ1) is 12.5. The van der Waals surface area contributed by atoms with Crippen molar-refractivity contribution in [2.24, 2.45) is 0 Å². The lowest BCUT2D eigenvalue weighted by Crippen LogP contribution is -2.58. The molecular formula is C18H23N3O5. The van der Waals surface area contributed by atoms with Crippen molar-refractivity contribution in [2.45, 2.75) is 32.2 Å². The molecule has 26 heavy (non-hydrogen) atoms. The number of hydrogen-bond donors (Lipinski definition) is 2. The molecule has 0 radical (unpaired) electrons. The molecule has 1 aliphatic heterocycles. The van der Waals surface area contributed by atoms with Crippen molar-refractivity contribution >= 4 is 23.8 Å². The SMILES string of the molecule is CCCCCN1CCN(C(=O)NC(C(=O)O)c2ccccc2)C(=O)C1=O. The second kappa shape index (κ2) is 8.98. The number of amides is 4. The van der Waals surface area contributed by atoms with Gasteiger partial charge >= 0.3 is 23.8 Å². The minimum absolute atomic E-state index is 0.0453. The molecule has 2 N–H and O–H groups in total. The van der Waals surface area contributed by atoms with E-state index in [-0.39, 0.29) is 13.1 Å². The number of imide groups is 1. The van der Waals surface area contributed by atoms with Gasteiger partial charge in [0.25, 0.3) is 0 Å². The van der Waals surface area contributed by atoms with Gasteiger partial charge in [0.1, 0.15) is 0 Å². The van der Waals surface area contributed by atoms with Crippen LogP contribution in [0.5, 0.6) is 0 Å². The molecule has 1 aromatic carbocycles. The molecule has 1 fully saturated rings. The normalized spacial score (nSPS) is 15.7. The predicted octanol–water partition coefficient (Wildman–Crippen LogP) is 1.38. The van der Waals surface area contributed by atoms with Gasteiger partial charge in [0.05, 0.1) is 0 Å². The van der Waals surface area contributed by atoms with E-state index in [0.29, 0.717) is 12.1 Å². The highest BCUT2D eigenvalue weighted by atomic mass is 16.4. The van der Waals surface area contributed by atoms with Crippen LogP contribution in [0.1, 0.15) is 37.8 Å². The van der Waals surface area contributed by atoms with E-state index in [2.05, 4.69) is 5.32 Å². The lowest BCUT2D eigenvalue weighted by Gasteiger charge is -2.33. The molecule has 140 valence electrons. The molecule has 8 heteroatoms. The number of carboxylic acid groups (broad SMARTS) is 1. The maximum atomic E-state index is 12.4. The molecule has 0 aromatic heterocycles. The molecule has 0 aliphatic carbocycles. The number of carbonyl (C=O) groups is 4. The Balaban J connectivity index is 2.02. The second-order valence-electron chi connectivity index (χ2n) is 6.09. The minimum atomic E-state index is -1.30. The predicted molar refractivity (Wildman–Crippen MR) is 93.2 cm³/mol. The lowest BCUT2D eigenvalue weighted by molar-refractivity contribution is -0.153. The summed E-state index contributed by atoms with van der Waals surface area (Å²) in [4.78, 5) is 50.4. The summed E-state index contributed by atoms with van der Waals surface area (Å²) in [5, 5.41) is 11.7. The van der Waals surface area contributed by atoms with Crippen molar-refractivity contribution in [1.29, 1.82) is 0 Å². The van der Waals surface area contributed by atoms with Gasteiger partial charge in [-0.15, -0.1) is 0 Å². The smallest absolute Gasteiger partial charge is 0.330 e. The monoisotopic (exact) mass is 361 g/mol. The summed E-state index contributed by atoms with van der Waals surface area (Å²) >= 11 is 0. The molecule has 0 saturated carbocycles. The Morgan fingerprint density at radius 3 is 2.42 bits per heavy atom. The van der Waals surface area contributed by atoms with Crippen molar-refractivity contribution in [1.82, 2.24) is 15.1 Å². The number of carboxylic acids is 1. The number of nitrogens with one attached hydrogen (secondary N) is 1. The number of aliphatic carboxylic acids is 1. The molecule has 8 nitrogen and oxygen atoms in total. The topological polar surface area (TPSA) is 107 Å². The first-order valence-corrected chi connectivity index (χ1v) is 8.64. The van der Waals surface area contributed by atoms with Crippen LogP contribution in [0.25, 0.3) is 0 Å². The van der Waals surface area contributed by atoms with E-state index >= 15 is 0 Å². The minimum Gasteiger partial charge on any atom is -0.479 e. The Hall–Kier alpha value is -2.90. The van der Waals surface area contributed by atoms with Gasteiger partial charge in [0.15, 0.2) is 6.04 Å². The zero-order chi connectivity index (χ0) is 19.1. The quantitative estimate of drug-likeness (QED) is 0.564. The average molecular weight is 361 g/mol. The molecule has 4 amide bonds. The number of unbranched alkanes of at least 4 members (excludes halogenated alkanes) is 2. The number of rotatable bonds is 7. The Kier molecular flexibility index (Phi) is 6.71. The lowest BCUT2D eigenvalue weighted by atomic mass is 10.1. The Bertz CT molecular complexity index is 677. The third-order valence-electron chi connectivity index (χ3n) is 4.23. The van der Waals surface area contributed by atoms with E-state index in [4.69, 9.17) is 0 Å². The summed E-state index contributed by atoms with van der Waals surface area (Å²) in [6, 6.07) is 5.99. The molecule has 1 heterocycles. The summed E-state index contributed by atoms with van der Waals surface area (Å²) in [5.41, 5.74) is 0.380. The van der Waals surface area contributed by atoms with Gasteiger partial charge < -0.3 is 15.3 Å². The standard InChI is InChI=1S/C18H23N3O5/c1-2-3-7-10-20-11-12-21(16(23)15(20)22)18(26)19-14(17(24)25)13-8-5-4-6-9-13/h4-6,8-9,14H,2-3,7,10-12H2,1H3,(H,19,26)(H,24,25). The largest absolute Gasteiger partial charge is 0.479 e. The number of piperazine rings is 1. The third-order valence-corrected chi connectivity index (χ3v) is 4.23. The van der Waals surface area contributed by atoms with Gasteiger partial charge in [0, 0.05) is 19.6 Å². The molecule has 1 atom stereocenters. The van der Waals surface area contributed by atoms with Crippen LogP contribution in [-0.2, 0) is 14.4 Å². The summed E-state index contributed by atoms with van der Waals surface area (Å²) in [6.45, 7) is 2.82. The van der Waals surface area contributed by atoms with Gasteiger partial charge in [0.2, 0.25) is 0 Å². The number of nitrogens with zero attached hydrogens (tertiary/aromatic N) is 2. The Labute approximate surface area is 151 Å². The van der Waals surface area contributed by atoms with Crippen LogP contribution in [0.15, 0.2) is 30.3 Å². The van der Waals surface area contributed by atoms with Crippen LogP contribution in [0.4, 0.5) is 4.79 Å². The Morgan fingerprint density at radius 1 is 1.12 bits per heavy atom. The molecular weight excluding hydrogens is 338 g/mol. The Morgan fingerprint density at radius 2 is 1.81 bits per heavy atom. The second-order valence-corrected chi connectivity index (χ2v) is 6.09. The van der Waals surface area contributed by atoms with Gasteiger partial charge in [-0.3, -0.25) is 14.5 Å². The fraction of sp³-hybridized carbons (Fsp3) is 0.444. The maximum Gasteiger partial charge on any atom is 0.330 e. The number of benzene rings is 1. The molecule has 2 rings (SSSR count). The van der Waals surface area contributed by atoms with Crippen LogP contribution < -0.4 is 5.32 Å². The van der Waals surface area contributed by atoms with Crippen molar-refractivity contribution in [3.63, 3.8) is 0 Å². The summed E-state index contributed by atoms with van der Waals surface area (Å²) in [5.74, 6) is -2.90. The summed E-state index contributed by atoms with van der Waals surface area (Å²) in [6.07, 6.45) is 2.76. The van der Waals surface area contributed by atoms with Crippen LogP contribution in [-0.4, -0.2) is 58.4 Å². The van der Waals surface area contributed by atoms with E-state index in [0.717, 1.165) is 24.2 Å². The van der Waals surface area contributed by atoms with Gasteiger partial charge in [-0.2, -0.15) is 0 Å². The highest BCUT2D eigenvalue weighted by Gasteiger charge is 2.37. The fourth-order valence-corrected chi connectivity index (χ4v) is 2.77. The van der Waals surface area contributed by atoms with Crippen molar-refractivity contribution in [3.05, 3.63) is 35.9 Å². The van der Waals surface area contributed by atoms with Gasteiger partial charge in [-0.25, -0.2) is 9.59 Å². The van der Waals surface area contributed by atoms with Crippen LogP contribution in [0.3, 0.4) is 0 Å². The van der Waals surface area contributed by atoms with Crippen LogP contribution in [0, 0.1) is 0 Å². The van der Waals surface area contributed by atoms with Crippen LogP contribution in [0.2, 0.25) is 0 Å².